The number of thioether (sulfide) groups is 1. The van der Waals surface area contributed by atoms with E-state index in [9.17, 15) is 9.59 Å². The minimum absolute atomic E-state index is 0.0722. The molecule has 2 rings (SSSR count). The van der Waals surface area contributed by atoms with Gasteiger partial charge in [-0.2, -0.15) is 11.8 Å². The standard InChI is InChI=1S/C14H12ClNO4S/c1-21-7-9-3-5-12(20-9)13(17)16-8-2-4-11(15)10(6-8)14(18)19/h2-6H,7H2,1H3,(H,16,17)(H,18,19). The summed E-state index contributed by atoms with van der Waals surface area (Å²) in [6.07, 6.45) is 1.93. The summed E-state index contributed by atoms with van der Waals surface area (Å²) in [6.45, 7) is 0. The number of carbonyl (C=O) groups excluding carboxylic acids is 1. The van der Waals surface area contributed by atoms with Crippen molar-refractivity contribution in [2.75, 3.05) is 11.6 Å². The maximum absolute atomic E-state index is 12.0. The predicted molar refractivity (Wildman–Crippen MR) is 82.3 cm³/mol. The molecule has 0 aliphatic rings. The van der Waals surface area contributed by atoms with Crippen LogP contribution in [0, 0.1) is 0 Å². The Morgan fingerprint density at radius 1 is 1.33 bits per heavy atom. The van der Waals surface area contributed by atoms with Crippen LogP contribution in [0.5, 0.6) is 0 Å². The highest BCUT2D eigenvalue weighted by molar-refractivity contribution is 7.97. The summed E-state index contributed by atoms with van der Waals surface area (Å²) in [5, 5.41) is 11.7. The molecule has 7 heteroatoms. The number of carbonyl (C=O) groups is 2. The Bertz CT molecular complexity index is 683. The number of halogens is 1. The third kappa shape index (κ3) is 3.80. The van der Waals surface area contributed by atoms with Gasteiger partial charge in [0.2, 0.25) is 0 Å². The summed E-state index contributed by atoms with van der Waals surface area (Å²) in [6, 6.07) is 7.56. The lowest BCUT2D eigenvalue weighted by Crippen LogP contribution is -2.11. The maximum atomic E-state index is 12.0. The summed E-state index contributed by atoms with van der Waals surface area (Å²) in [5.41, 5.74) is 0.265. The molecule has 0 spiro atoms. The summed E-state index contributed by atoms with van der Waals surface area (Å²) in [7, 11) is 0. The average Bonchev–Trinajstić information content (AvgIpc) is 2.90. The van der Waals surface area contributed by atoms with E-state index in [1.165, 1.54) is 18.2 Å². The lowest BCUT2D eigenvalue weighted by molar-refractivity contribution is 0.0696. The van der Waals surface area contributed by atoms with Gasteiger partial charge in [0.1, 0.15) is 5.76 Å². The zero-order valence-corrected chi connectivity index (χ0v) is 12.6. The van der Waals surface area contributed by atoms with Crippen LogP contribution < -0.4 is 5.32 Å². The van der Waals surface area contributed by atoms with Gasteiger partial charge >= 0.3 is 5.97 Å². The number of aromatic carboxylic acids is 1. The molecule has 0 saturated carbocycles. The number of carboxylic acid groups (broad SMARTS) is 1. The minimum atomic E-state index is -1.16. The van der Waals surface area contributed by atoms with Crippen molar-refractivity contribution in [3.05, 3.63) is 52.4 Å². The highest BCUT2D eigenvalue weighted by atomic mass is 35.5. The number of carboxylic acids is 1. The van der Waals surface area contributed by atoms with Crippen LogP contribution in [-0.4, -0.2) is 23.2 Å². The molecule has 0 unspecified atom stereocenters. The Labute approximate surface area is 130 Å². The third-order valence-corrected chi connectivity index (χ3v) is 3.53. The smallest absolute Gasteiger partial charge is 0.337 e. The first-order valence-corrected chi connectivity index (χ1v) is 7.70. The number of nitrogens with one attached hydrogen (secondary N) is 1. The second kappa shape index (κ2) is 6.69. The lowest BCUT2D eigenvalue weighted by Gasteiger charge is -2.05. The molecule has 0 saturated heterocycles. The van der Waals surface area contributed by atoms with Crippen molar-refractivity contribution in [2.24, 2.45) is 0 Å². The fraction of sp³-hybridized carbons (Fsp3) is 0.143. The van der Waals surface area contributed by atoms with Crippen LogP contribution in [0.3, 0.4) is 0 Å². The van der Waals surface area contributed by atoms with Gasteiger partial charge in [-0.25, -0.2) is 4.79 Å². The minimum Gasteiger partial charge on any atom is -0.478 e. The summed E-state index contributed by atoms with van der Waals surface area (Å²) >= 11 is 7.35. The van der Waals surface area contributed by atoms with Gasteiger partial charge in [-0.15, -0.1) is 0 Å². The number of benzene rings is 1. The van der Waals surface area contributed by atoms with E-state index >= 15 is 0 Å². The van der Waals surface area contributed by atoms with Gasteiger partial charge in [-0.3, -0.25) is 4.79 Å². The third-order valence-electron chi connectivity index (χ3n) is 2.63. The number of hydrogen-bond acceptors (Lipinski definition) is 4. The van der Waals surface area contributed by atoms with Crippen molar-refractivity contribution in [3.63, 3.8) is 0 Å². The molecule has 0 bridgehead atoms. The largest absolute Gasteiger partial charge is 0.478 e. The number of rotatable bonds is 5. The van der Waals surface area contributed by atoms with Crippen LogP contribution >= 0.6 is 23.4 Å². The van der Waals surface area contributed by atoms with Crippen LogP contribution in [0.15, 0.2) is 34.7 Å². The van der Waals surface area contributed by atoms with Crippen molar-refractivity contribution in [1.82, 2.24) is 0 Å². The molecule has 21 heavy (non-hydrogen) atoms. The molecule has 0 fully saturated rings. The zero-order valence-electron chi connectivity index (χ0n) is 11.1. The second-order valence-electron chi connectivity index (χ2n) is 4.15. The van der Waals surface area contributed by atoms with E-state index in [0.717, 1.165) is 0 Å². The summed E-state index contributed by atoms with van der Waals surface area (Å²) < 4.78 is 5.38. The van der Waals surface area contributed by atoms with E-state index in [1.54, 1.807) is 23.9 Å². The molecule has 0 radical (unpaired) electrons. The molecule has 2 aromatic rings. The summed E-state index contributed by atoms with van der Waals surface area (Å²) in [5.74, 6) is -0.0459. The predicted octanol–water partition coefficient (Wildman–Crippen LogP) is 3.75. The van der Waals surface area contributed by atoms with Crippen molar-refractivity contribution in [3.8, 4) is 0 Å². The Morgan fingerprint density at radius 3 is 2.76 bits per heavy atom. The van der Waals surface area contributed by atoms with Crippen LogP contribution in [0.2, 0.25) is 5.02 Å². The molecule has 0 aliphatic carbocycles. The van der Waals surface area contributed by atoms with Crippen LogP contribution in [0.25, 0.3) is 0 Å². The Morgan fingerprint density at radius 2 is 2.10 bits per heavy atom. The second-order valence-corrected chi connectivity index (χ2v) is 5.43. The van der Waals surface area contributed by atoms with Crippen molar-refractivity contribution in [1.29, 1.82) is 0 Å². The molecule has 5 nitrogen and oxygen atoms in total. The number of amides is 1. The Hall–Kier alpha value is -1.92. The Balaban J connectivity index is 2.15. The molecule has 1 amide bonds. The first-order chi connectivity index (χ1) is 10.0. The van der Waals surface area contributed by atoms with Crippen molar-refractivity contribution >= 4 is 40.9 Å². The van der Waals surface area contributed by atoms with Crippen LogP contribution in [0.4, 0.5) is 5.69 Å². The molecule has 1 heterocycles. The van der Waals surface area contributed by atoms with E-state index in [-0.39, 0.29) is 16.3 Å². The molecular weight excluding hydrogens is 314 g/mol. The fourth-order valence-electron chi connectivity index (χ4n) is 1.68. The van der Waals surface area contributed by atoms with Gasteiger partial charge in [0.05, 0.1) is 16.3 Å². The fourth-order valence-corrected chi connectivity index (χ4v) is 2.32. The first-order valence-electron chi connectivity index (χ1n) is 5.93. The monoisotopic (exact) mass is 325 g/mol. The van der Waals surface area contributed by atoms with E-state index in [2.05, 4.69) is 5.32 Å². The molecule has 0 atom stereocenters. The van der Waals surface area contributed by atoms with Gasteiger partial charge in [0, 0.05) is 5.69 Å². The number of hydrogen-bond donors (Lipinski definition) is 2. The molecule has 1 aromatic carbocycles. The van der Waals surface area contributed by atoms with E-state index in [0.29, 0.717) is 17.2 Å². The van der Waals surface area contributed by atoms with Gasteiger partial charge in [0.15, 0.2) is 5.76 Å². The van der Waals surface area contributed by atoms with Crippen LogP contribution in [-0.2, 0) is 5.75 Å². The summed E-state index contributed by atoms with van der Waals surface area (Å²) in [4.78, 5) is 23.0. The van der Waals surface area contributed by atoms with Crippen molar-refractivity contribution in [2.45, 2.75) is 5.75 Å². The molecule has 110 valence electrons. The Kier molecular flexibility index (Phi) is 4.93. The van der Waals surface area contributed by atoms with E-state index < -0.39 is 11.9 Å². The van der Waals surface area contributed by atoms with Crippen LogP contribution in [0.1, 0.15) is 26.7 Å². The molecule has 1 aromatic heterocycles. The number of anilines is 1. The topological polar surface area (TPSA) is 79.5 Å². The lowest BCUT2D eigenvalue weighted by atomic mass is 10.2. The highest BCUT2D eigenvalue weighted by Gasteiger charge is 2.14. The van der Waals surface area contributed by atoms with E-state index in [4.69, 9.17) is 21.1 Å². The van der Waals surface area contributed by atoms with Gasteiger partial charge in [0.25, 0.3) is 5.91 Å². The normalized spacial score (nSPS) is 10.4. The van der Waals surface area contributed by atoms with Crippen molar-refractivity contribution < 1.29 is 19.1 Å². The number of furan rings is 1. The average molecular weight is 326 g/mol. The molecular formula is C14H12ClNO4S. The quantitative estimate of drug-likeness (QED) is 0.875. The maximum Gasteiger partial charge on any atom is 0.337 e. The molecule has 0 aliphatic heterocycles. The zero-order chi connectivity index (χ0) is 15.4. The SMILES string of the molecule is CSCc1ccc(C(=O)Nc2ccc(Cl)c(C(=O)O)c2)o1. The first kappa shape index (κ1) is 15.5. The van der Waals surface area contributed by atoms with E-state index in [1.807, 2.05) is 6.26 Å². The van der Waals surface area contributed by atoms with Gasteiger partial charge in [-0.05, 0) is 36.6 Å². The molecule has 2 N–H and O–H groups in total. The highest BCUT2D eigenvalue weighted by Crippen LogP contribution is 2.21. The van der Waals surface area contributed by atoms with Gasteiger partial charge in [-0.1, -0.05) is 11.6 Å². The van der Waals surface area contributed by atoms with Gasteiger partial charge < -0.3 is 14.8 Å².